The minimum absolute atomic E-state index is 0.588. The summed E-state index contributed by atoms with van der Waals surface area (Å²) in [6.07, 6.45) is 4.90. The minimum Gasteiger partial charge on any atom is -0.471 e. The molecule has 0 aromatic carbocycles. The van der Waals surface area contributed by atoms with E-state index in [4.69, 9.17) is 10.00 Å². The van der Waals surface area contributed by atoms with Crippen molar-refractivity contribution in [3.05, 3.63) is 34.4 Å². The average molecular weight is 175 g/mol. The highest BCUT2D eigenvalue weighted by molar-refractivity contribution is 7.11. The average Bonchev–Trinajstić information content (AvgIpc) is 2.46. The Kier molecular flexibility index (Phi) is 1.69. The van der Waals surface area contributed by atoms with Crippen LogP contribution in [-0.2, 0) is 4.74 Å². The van der Waals surface area contributed by atoms with E-state index in [9.17, 15) is 0 Å². The quantitative estimate of drug-likeness (QED) is 0.607. The van der Waals surface area contributed by atoms with Gasteiger partial charge in [0.15, 0.2) is 0 Å². The summed E-state index contributed by atoms with van der Waals surface area (Å²) in [7, 11) is 0. The maximum Gasteiger partial charge on any atom is 0.109 e. The number of nitriles is 1. The lowest BCUT2D eigenvalue weighted by molar-refractivity contribution is 0.410. The van der Waals surface area contributed by atoms with Gasteiger partial charge in [-0.1, -0.05) is 0 Å². The van der Waals surface area contributed by atoms with Crippen LogP contribution in [0.3, 0.4) is 0 Å². The molecule has 0 spiro atoms. The van der Waals surface area contributed by atoms with Gasteiger partial charge in [-0.3, -0.25) is 0 Å². The number of hydrogen-bond acceptors (Lipinski definition) is 3. The number of thiophene rings is 1. The molecule has 2 rings (SSSR count). The molecule has 1 aromatic heterocycles. The molecule has 2 heterocycles. The van der Waals surface area contributed by atoms with Gasteiger partial charge in [-0.05, 0) is 23.1 Å². The van der Waals surface area contributed by atoms with Gasteiger partial charge in [0.05, 0.1) is 11.1 Å². The van der Waals surface area contributed by atoms with Crippen LogP contribution in [0.4, 0.5) is 0 Å². The molecular weight excluding hydrogens is 170 g/mol. The summed E-state index contributed by atoms with van der Waals surface area (Å²) in [6, 6.07) is 4.06. The maximum absolute atomic E-state index is 8.76. The summed E-state index contributed by atoms with van der Waals surface area (Å²) in [5, 5.41) is 10.7. The molecule has 0 fully saturated rings. The molecule has 2 nitrogen and oxygen atoms in total. The van der Waals surface area contributed by atoms with Gasteiger partial charge >= 0.3 is 0 Å². The van der Waals surface area contributed by atoms with E-state index in [1.807, 2.05) is 17.5 Å². The molecule has 58 valence electrons. The fraction of sp³-hybridized carbons (Fsp3) is 0. The molecule has 0 unspecified atom stereocenters. The first-order valence-corrected chi connectivity index (χ1v) is 4.30. The van der Waals surface area contributed by atoms with Gasteiger partial charge in [0, 0.05) is 0 Å². The predicted octanol–water partition coefficient (Wildman–Crippen LogP) is 2.61. The predicted molar refractivity (Wildman–Crippen MR) is 48.0 cm³/mol. The highest BCUT2D eigenvalue weighted by Crippen LogP contribution is 2.27. The van der Waals surface area contributed by atoms with Crippen LogP contribution in [0, 0.1) is 11.3 Å². The Morgan fingerprint density at radius 2 is 2.42 bits per heavy atom. The Morgan fingerprint density at radius 1 is 1.50 bits per heavy atom. The van der Waals surface area contributed by atoms with Crippen LogP contribution in [0.5, 0.6) is 0 Å². The van der Waals surface area contributed by atoms with Crippen molar-refractivity contribution in [1.82, 2.24) is 0 Å². The topological polar surface area (TPSA) is 33.0 Å². The van der Waals surface area contributed by atoms with E-state index in [1.165, 1.54) is 6.26 Å². The third-order valence-corrected chi connectivity index (χ3v) is 2.54. The van der Waals surface area contributed by atoms with Gasteiger partial charge in [-0.15, -0.1) is 11.3 Å². The van der Waals surface area contributed by atoms with Crippen LogP contribution in [-0.4, -0.2) is 0 Å². The minimum atomic E-state index is 0.588. The van der Waals surface area contributed by atoms with E-state index < -0.39 is 0 Å². The summed E-state index contributed by atoms with van der Waals surface area (Å²) < 4.78 is 4.98. The molecule has 0 N–H and O–H groups in total. The van der Waals surface area contributed by atoms with Gasteiger partial charge in [-0.2, -0.15) is 5.26 Å². The van der Waals surface area contributed by atoms with E-state index in [0.29, 0.717) is 5.57 Å². The number of fused-ring (bicyclic) bond motifs is 1. The molecule has 1 aromatic rings. The van der Waals surface area contributed by atoms with Crippen LogP contribution >= 0.6 is 11.3 Å². The molecule has 12 heavy (non-hydrogen) atoms. The van der Waals surface area contributed by atoms with Crippen molar-refractivity contribution >= 4 is 23.0 Å². The van der Waals surface area contributed by atoms with Gasteiger partial charge in [0.2, 0.25) is 0 Å². The van der Waals surface area contributed by atoms with Gasteiger partial charge in [0.25, 0.3) is 0 Å². The van der Waals surface area contributed by atoms with E-state index in [-0.39, 0.29) is 0 Å². The lowest BCUT2D eigenvalue weighted by Crippen LogP contribution is -1.76. The van der Waals surface area contributed by atoms with Crippen molar-refractivity contribution in [2.45, 2.75) is 0 Å². The second-order valence-corrected chi connectivity index (χ2v) is 3.20. The first-order chi connectivity index (χ1) is 5.92. The standard InChI is InChI=1S/C9H5NOS/c10-5-8-6-11-3-1-7-2-4-12-9(7)8/h1-4,6H. The fourth-order valence-electron chi connectivity index (χ4n) is 1.02. The van der Waals surface area contributed by atoms with Crippen LogP contribution < -0.4 is 0 Å². The fourth-order valence-corrected chi connectivity index (χ4v) is 1.86. The molecule has 0 bridgehead atoms. The monoisotopic (exact) mass is 175 g/mol. The Balaban J connectivity index is 2.60. The van der Waals surface area contributed by atoms with Gasteiger partial charge in [-0.25, -0.2) is 0 Å². The number of hydrogen-bond donors (Lipinski definition) is 0. The van der Waals surface area contributed by atoms with Crippen molar-refractivity contribution in [3.63, 3.8) is 0 Å². The SMILES string of the molecule is N#CC1=COC=Cc2ccsc21. The third-order valence-electron chi connectivity index (χ3n) is 1.57. The molecule has 1 aliphatic heterocycles. The molecule has 0 saturated heterocycles. The van der Waals surface area contributed by atoms with Crippen LogP contribution in [0.2, 0.25) is 0 Å². The van der Waals surface area contributed by atoms with Crippen molar-refractivity contribution in [3.8, 4) is 6.07 Å². The zero-order chi connectivity index (χ0) is 8.39. The zero-order valence-electron chi connectivity index (χ0n) is 6.15. The molecular formula is C9H5NOS. The lowest BCUT2D eigenvalue weighted by atomic mass is 10.2. The second-order valence-electron chi connectivity index (χ2n) is 2.29. The van der Waals surface area contributed by atoms with Gasteiger partial charge < -0.3 is 4.74 Å². The summed E-state index contributed by atoms with van der Waals surface area (Å²) in [4.78, 5) is 0.978. The summed E-state index contributed by atoms with van der Waals surface area (Å²) in [5.74, 6) is 0. The van der Waals surface area contributed by atoms with Crippen LogP contribution in [0.25, 0.3) is 11.6 Å². The van der Waals surface area contributed by atoms with Crippen molar-refractivity contribution in [2.24, 2.45) is 0 Å². The number of rotatable bonds is 0. The molecule has 0 saturated carbocycles. The largest absolute Gasteiger partial charge is 0.471 e. The Labute approximate surface area is 74.0 Å². The number of ether oxygens (including phenoxy) is 1. The molecule has 0 amide bonds. The Bertz CT molecular complexity index is 395. The van der Waals surface area contributed by atoms with Crippen molar-refractivity contribution < 1.29 is 4.74 Å². The molecule has 1 aliphatic rings. The summed E-state index contributed by atoms with van der Waals surface area (Å²) in [6.45, 7) is 0. The summed E-state index contributed by atoms with van der Waals surface area (Å²) in [5.41, 5.74) is 1.63. The third kappa shape index (κ3) is 1.03. The van der Waals surface area contributed by atoms with E-state index in [2.05, 4.69) is 6.07 Å². The Hall–Kier alpha value is -1.53. The lowest BCUT2D eigenvalue weighted by Gasteiger charge is -1.91. The smallest absolute Gasteiger partial charge is 0.109 e. The summed E-state index contributed by atoms with van der Waals surface area (Å²) >= 11 is 1.55. The molecule has 3 heteroatoms. The highest BCUT2D eigenvalue weighted by atomic mass is 32.1. The first kappa shape index (κ1) is 7.14. The maximum atomic E-state index is 8.76. The van der Waals surface area contributed by atoms with E-state index in [1.54, 1.807) is 17.6 Å². The number of nitrogens with zero attached hydrogens (tertiary/aromatic N) is 1. The molecule has 0 radical (unpaired) electrons. The van der Waals surface area contributed by atoms with Crippen LogP contribution in [0.15, 0.2) is 24.0 Å². The van der Waals surface area contributed by atoms with Crippen molar-refractivity contribution in [2.75, 3.05) is 0 Å². The zero-order valence-corrected chi connectivity index (χ0v) is 6.97. The van der Waals surface area contributed by atoms with E-state index >= 15 is 0 Å². The normalized spacial score (nSPS) is 13.8. The highest BCUT2D eigenvalue weighted by Gasteiger charge is 2.09. The second kappa shape index (κ2) is 2.84. The molecule has 0 atom stereocenters. The molecule has 0 aliphatic carbocycles. The van der Waals surface area contributed by atoms with E-state index in [0.717, 1.165) is 10.4 Å². The van der Waals surface area contributed by atoms with Crippen LogP contribution in [0.1, 0.15) is 10.4 Å². The van der Waals surface area contributed by atoms with Crippen molar-refractivity contribution in [1.29, 1.82) is 5.26 Å². The Morgan fingerprint density at radius 3 is 3.25 bits per heavy atom. The number of allylic oxidation sites excluding steroid dienone is 1. The van der Waals surface area contributed by atoms with Gasteiger partial charge in [0.1, 0.15) is 17.9 Å². The first-order valence-electron chi connectivity index (χ1n) is 3.42.